The van der Waals surface area contributed by atoms with E-state index in [9.17, 15) is 0 Å². The number of aryl methyl sites for hydroxylation is 1. The summed E-state index contributed by atoms with van der Waals surface area (Å²) in [5.74, 6) is 0.837. The lowest BCUT2D eigenvalue weighted by molar-refractivity contribution is 0.269. The molecule has 2 N–H and O–H groups in total. The molecule has 0 radical (unpaired) electrons. The van der Waals surface area contributed by atoms with Gasteiger partial charge in [0.15, 0.2) is 5.96 Å². The summed E-state index contributed by atoms with van der Waals surface area (Å²) in [7, 11) is 4.03. The summed E-state index contributed by atoms with van der Waals surface area (Å²) >= 11 is 1.82. The monoisotopic (exact) mass is 399 g/mol. The summed E-state index contributed by atoms with van der Waals surface area (Å²) in [6.07, 6.45) is 1.26. The van der Waals surface area contributed by atoms with Crippen LogP contribution in [-0.2, 0) is 19.6 Å². The van der Waals surface area contributed by atoms with E-state index in [4.69, 9.17) is 0 Å². The fourth-order valence-electron chi connectivity index (χ4n) is 3.44. The molecule has 5 nitrogen and oxygen atoms in total. The molecule has 6 heteroatoms. The van der Waals surface area contributed by atoms with Crippen molar-refractivity contribution >= 4 is 17.3 Å². The van der Waals surface area contributed by atoms with Crippen LogP contribution in [0.2, 0.25) is 0 Å². The van der Waals surface area contributed by atoms with E-state index in [1.807, 2.05) is 18.4 Å². The Labute approximate surface area is 173 Å². The van der Waals surface area contributed by atoms with Gasteiger partial charge in [-0.25, -0.2) is 0 Å². The van der Waals surface area contributed by atoms with Gasteiger partial charge in [0, 0.05) is 43.0 Å². The maximum atomic E-state index is 4.32. The molecule has 0 bridgehead atoms. The Balaban J connectivity index is 1.44. The van der Waals surface area contributed by atoms with E-state index in [0.29, 0.717) is 0 Å². The Bertz CT molecular complexity index is 753. The average molecular weight is 400 g/mol. The smallest absolute Gasteiger partial charge is 0.191 e. The van der Waals surface area contributed by atoms with E-state index in [-0.39, 0.29) is 0 Å². The van der Waals surface area contributed by atoms with Crippen LogP contribution in [0.1, 0.15) is 27.3 Å². The minimum absolute atomic E-state index is 0.776. The summed E-state index contributed by atoms with van der Waals surface area (Å²) in [6.45, 7) is 9.49. The molecule has 2 heterocycles. The van der Waals surface area contributed by atoms with Crippen molar-refractivity contribution in [2.24, 2.45) is 4.99 Å². The third kappa shape index (κ3) is 6.62. The molecular weight excluding hydrogens is 366 g/mol. The number of guanidine groups is 1. The zero-order valence-electron chi connectivity index (χ0n) is 17.4. The molecule has 1 aromatic carbocycles. The topological polar surface area (TPSA) is 42.9 Å². The van der Waals surface area contributed by atoms with E-state index in [2.05, 4.69) is 75.8 Å². The van der Waals surface area contributed by atoms with Crippen molar-refractivity contribution in [1.29, 1.82) is 0 Å². The van der Waals surface area contributed by atoms with Crippen molar-refractivity contribution in [2.45, 2.75) is 33.0 Å². The number of hydrogen-bond donors (Lipinski definition) is 2. The number of nitrogens with one attached hydrogen (secondary N) is 2. The highest BCUT2D eigenvalue weighted by molar-refractivity contribution is 7.11. The van der Waals surface area contributed by atoms with Crippen LogP contribution in [0.4, 0.5) is 0 Å². The van der Waals surface area contributed by atoms with Gasteiger partial charge in [-0.3, -0.25) is 9.89 Å². The zero-order chi connectivity index (χ0) is 19.8. The number of rotatable bonds is 6. The normalized spacial score (nSPS) is 16.8. The minimum atomic E-state index is 0.776. The van der Waals surface area contributed by atoms with Crippen LogP contribution < -0.4 is 10.6 Å². The Morgan fingerprint density at radius 3 is 2.43 bits per heavy atom. The van der Waals surface area contributed by atoms with Crippen molar-refractivity contribution in [2.75, 3.05) is 40.3 Å². The lowest BCUT2D eigenvalue weighted by atomic mass is 10.1. The maximum absolute atomic E-state index is 4.32. The quantitative estimate of drug-likeness (QED) is 0.579. The van der Waals surface area contributed by atoms with Gasteiger partial charge in [0.25, 0.3) is 0 Å². The van der Waals surface area contributed by atoms with Gasteiger partial charge in [-0.1, -0.05) is 24.3 Å². The number of thiophene rings is 1. The Morgan fingerprint density at radius 2 is 1.71 bits per heavy atom. The first-order chi connectivity index (χ1) is 13.6. The molecule has 0 amide bonds. The second-order valence-electron chi connectivity index (χ2n) is 7.54. The van der Waals surface area contributed by atoms with Gasteiger partial charge >= 0.3 is 0 Å². The second-order valence-corrected chi connectivity index (χ2v) is 8.91. The number of benzene rings is 1. The van der Waals surface area contributed by atoms with Gasteiger partial charge in [0.2, 0.25) is 0 Å². The highest BCUT2D eigenvalue weighted by Gasteiger charge is 2.12. The highest BCUT2D eigenvalue weighted by atomic mass is 32.1. The standard InChI is InChI=1S/C22H33N5S/c1-18-5-10-21(28-18)16-25-22(23-2)24-15-19-6-8-20(9-7-19)17-27-12-4-11-26(3)13-14-27/h5-10H,4,11-17H2,1-3H3,(H2,23,24,25). The van der Waals surface area contributed by atoms with Crippen LogP contribution in [0.25, 0.3) is 0 Å². The van der Waals surface area contributed by atoms with Crippen LogP contribution in [0.5, 0.6) is 0 Å². The molecule has 28 heavy (non-hydrogen) atoms. The van der Waals surface area contributed by atoms with E-state index in [0.717, 1.165) is 32.1 Å². The predicted molar refractivity (Wildman–Crippen MR) is 120 cm³/mol. The van der Waals surface area contributed by atoms with Crippen LogP contribution in [0.3, 0.4) is 0 Å². The third-order valence-electron chi connectivity index (χ3n) is 5.15. The van der Waals surface area contributed by atoms with E-state index in [1.54, 1.807) is 0 Å². The molecule has 0 unspecified atom stereocenters. The first-order valence-corrected chi connectivity index (χ1v) is 10.9. The zero-order valence-corrected chi connectivity index (χ0v) is 18.2. The Kier molecular flexibility index (Phi) is 7.89. The molecule has 0 saturated carbocycles. The van der Waals surface area contributed by atoms with Crippen molar-refractivity contribution < 1.29 is 0 Å². The van der Waals surface area contributed by atoms with Gasteiger partial charge in [-0.2, -0.15) is 0 Å². The molecule has 0 spiro atoms. The molecule has 1 aliphatic rings. The number of hydrogen-bond acceptors (Lipinski definition) is 4. The molecule has 1 fully saturated rings. The first-order valence-electron chi connectivity index (χ1n) is 10.1. The van der Waals surface area contributed by atoms with Crippen LogP contribution in [0.15, 0.2) is 41.4 Å². The molecule has 1 aliphatic heterocycles. The van der Waals surface area contributed by atoms with Gasteiger partial charge in [0.1, 0.15) is 0 Å². The second kappa shape index (κ2) is 10.6. The number of aliphatic imine (C=N–C) groups is 1. The maximum Gasteiger partial charge on any atom is 0.191 e. The van der Waals surface area contributed by atoms with Crippen molar-refractivity contribution in [3.05, 3.63) is 57.3 Å². The lowest BCUT2D eigenvalue weighted by Crippen LogP contribution is -2.36. The molecule has 2 aromatic rings. The predicted octanol–water partition coefficient (Wildman–Crippen LogP) is 3.06. The van der Waals surface area contributed by atoms with Crippen LogP contribution >= 0.6 is 11.3 Å². The van der Waals surface area contributed by atoms with E-state index in [1.165, 1.54) is 46.9 Å². The molecule has 1 aromatic heterocycles. The van der Waals surface area contributed by atoms with E-state index >= 15 is 0 Å². The molecule has 1 saturated heterocycles. The molecule has 152 valence electrons. The SMILES string of the molecule is CN=C(NCc1ccc(CN2CCCN(C)CC2)cc1)NCc1ccc(C)s1. The fraction of sp³-hybridized carbons (Fsp3) is 0.500. The van der Waals surface area contributed by atoms with Gasteiger partial charge < -0.3 is 15.5 Å². The fourth-order valence-corrected chi connectivity index (χ4v) is 4.27. The molecular formula is C22H33N5S. The van der Waals surface area contributed by atoms with Crippen LogP contribution in [0, 0.1) is 6.92 Å². The van der Waals surface area contributed by atoms with Crippen molar-refractivity contribution in [3.8, 4) is 0 Å². The first kappa shape index (κ1) is 20.8. The summed E-state index contributed by atoms with van der Waals surface area (Å²) in [4.78, 5) is 12.0. The minimum Gasteiger partial charge on any atom is -0.352 e. The number of likely N-dealkylation sites (N-methyl/N-ethyl adjacent to an activating group) is 1. The third-order valence-corrected chi connectivity index (χ3v) is 6.15. The summed E-state index contributed by atoms with van der Waals surface area (Å²) < 4.78 is 0. The van der Waals surface area contributed by atoms with Gasteiger partial charge in [-0.15, -0.1) is 11.3 Å². The van der Waals surface area contributed by atoms with Gasteiger partial charge in [-0.05, 0) is 56.7 Å². The van der Waals surface area contributed by atoms with Crippen molar-refractivity contribution in [1.82, 2.24) is 20.4 Å². The summed E-state index contributed by atoms with van der Waals surface area (Å²) in [5.41, 5.74) is 2.66. The lowest BCUT2D eigenvalue weighted by Gasteiger charge is -2.20. The van der Waals surface area contributed by atoms with E-state index < -0.39 is 0 Å². The summed E-state index contributed by atoms with van der Waals surface area (Å²) in [6, 6.07) is 13.3. The summed E-state index contributed by atoms with van der Waals surface area (Å²) in [5, 5.41) is 6.79. The largest absolute Gasteiger partial charge is 0.352 e. The highest BCUT2D eigenvalue weighted by Crippen LogP contribution is 2.14. The van der Waals surface area contributed by atoms with Gasteiger partial charge in [0.05, 0.1) is 6.54 Å². The number of nitrogens with zero attached hydrogens (tertiary/aromatic N) is 3. The molecule has 3 rings (SSSR count). The Morgan fingerprint density at radius 1 is 0.964 bits per heavy atom. The molecule has 0 aliphatic carbocycles. The van der Waals surface area contributed by atoms with Crippen molar-refractivity contribution in [3.63, 3.8) is 0 Å². The average Bonchev–Trinajstić information content (AvgIpc) is 3.01. The van der Waals surface area contributed by atoms with Crippen LogP contribution in [-0.4, -0.2) is 56.0 Å². The Hall–Kier alpha value is -1.89. The molecule has 0 atom stereocenters.